The maximum Gasteiger partial charge on any atom is 0.171 e. The Morgan fingerprint density at radius 3 is 2.53 bits per heavy atom. The number of allylic oxidation sites excluding steroid dienone is 4. The second-order valence-corrected chi connectivity index (χ2v) is 7.66. The lowest BCUT2D eigenvalue weighted by Crippen LogP contribution is -2.11. The summed E-state index contributed by atoms with van der Waals surface area (Å²) < 4.78 is 35.5. The lowest BCUT2D eigenvalue weighted by molar-refractivity contribution is -0.118. The average Bonchev–Trinajstić information content (AvgIpc) is 3.02. The zero-order valence-corrected chi connectivity index (χ0v) is 18.5. The number of ketones is 2. The molecule has 0 bridgehead atoms. The molecule has 0 radical (unpaired) electrons. The van der Waals surface area contributed by atoms with E-state index in [1.807, 2.05) is 25.2 Å². The fourth-order valence-corrected chi connectivity index (χ4v) is 3.63. The fourth-order valence-electron chi connectivity index (χ4n) is 3.63. The van der Waals surface area contributed by atoms with Gasteiger partial charge in [0.25, 0.3) is 0 Å². The molecule has 1 atom stereocenters. The van der Waals surface area contributed by atoms with Crippen molar-refractivity contribution in [3.63, 3.8) is 0 Å². The van der Waals surface area contributed by atoms with Crippen molar-refractivity contribution in [2.75, 3.05) is 6.61 Å². The highest BCUT2D eigenvalue weighted by Crippen LogP contribution is 2.33. The SMILES string of the molecule is C/C=C\C=C/C(C)C(=O)c1c(C)n(-c2cc(F)cc(OCC(C)=O)c2)c2cc(F)ccc12. The van der Waals surface area contributed by atoms with Gasteiger partial charge >= 0.3 is 0 Å². The number of aromatic nitrogens is 1. The summed E-state index contributed by atoms with van der Waals surface area (Å²) in [6.45, 7) is 6.61. The minimum absolute atomic E-state index is 0.122. The molecule has 3 aromatic rings. The molecule has 0 N–H and O–H groups in total. The molecule has 0 amide bonds. The van der Waals surface area contributed by atoms with Gasteiger partial charge in [0.2, 0.25) is 0 Å². The smallest absolute Gasteiger partial charge is 0.171 e. The molecule has 4 nitrogen and oxygen atoms in total. The molecule has 0 fully saturated rings. The molecule has 0 saturated carbocycles. The topological polar surface area (TPSA) is 48.3 Å². The molecule has 0 aliphatic rings. The van der Waals surface area contributed by atoms with Crippen molar-refractivity contribution >= 4 is 22.5 Å². The summed E-state index contributed by atoms with van der Waals surface area (Å²) in [7, 11) is 0. The van der Waals surface area contributed by atoms with E-state index in [0.717, 1.165) is 0 Å². The number of fused-ring (bicyclic) bond motifs is 1. The summed E-state index contributed by atoms with van der Waals surface area (Å²) in [6, 6.07) is 8.20. The number of nitrogens with zero attached hydrogens (tertiary/aromatic N) is 1. The van der Waals surface area contributed by atoms with Crippen molar-refractivity contribution < 1.29 is 23.1 Å². The van der Waals surface area contributed by atoms with Crippen molar-refractivity contribution in [3.8, 4) is 11.4 Å². The highest BCUT2D eigenvalue weighted by Gasteiger charge is 2.24. The van der Waals surface area contributed by atoms with Crippen molar-refractivity contribution in [2.24, 2.45) is 5.92 Å². The maximum absolute atomic E-state index is 14.4. The number of halogens is 2. The number of ether oxygens (including phenoxy) is 1. The minimum Gasteiger partial charge on any atom is -0.486 e. The van der Waals surface area contributed by atoms with Crippen molar-refractivity contribution in [1.29, 1.82) is 0 Å². The van der Waals surface area contributed by atoms with Gasteiger partial charge in [-0.25, -0.2) is 8.78 Å². The van der Waals surface area contributed by atoms with Crippen LogP contribution in [0.1, 0.15) is 36.8 Å². The van der Waals surface area contributed by atoms with Gasteiger partial charge in [-0.1, -0.05) is 31.2 Å². The van der Waals surface area contributed by atoms with E-state index in [0.29, 0.717) is 27.8 Å². The number of carbonyl (C=O) groups excluding carboxylic acids is 2. The second-order valence-electron chi connectivity index (χ2n) is 7.66. The molecule has 6 heteroatoms. The second kappa shape index (κ2) is 9.73. The fraction of sp³-hybridized carbons (Fsp3) is 0.231. The molecule has 1 unspecified atom stereocenters. The zero-order valence-electron chi connectivity index (χ0n) is 18.5. The Bertz CT molecular complexity index is 1240. The molecule has 1 aromatic heterocycles. The lowest BCUT2D eigenvalue weighted by atomic mass is 9.96. The Kier molecular flexibility index (Phi) is 7.03. The third kappa shape index (κ3) is 4.85. The number of Topliss-reactive ketones (excluding diaryl/α,β-unsaturated/α-hetero) is 2. The standard InChI is InChI=1S/C26H25F2NO3/c1-5-6-7-8-16(2)26(31)25-18(4)29(24-13-19(27)9-10-23(24)25)21-11-20(28)12-22(14-21)32-15-17(3)30/h5-14,16H,15H2,1-4H3/b6-5-,8-7-. The van der Waals surface area contributed by atoms with Gasteiger partial charge in [-0.2, -0.15) is 0 Å². The van der Waals surface area contributed by atoms with Crippen LogP contribution in [0.2, 0.25) is 0 Å². The van der Waals surface area contributed by atoms with Crippen LogP contribution in [0, 0.1) is 24.5 Å². The monoisotopic (exact) mass is 437 g/mol. The molecule has 0 aliphatic heterocycles. The van der Waals surface area contributed by atoms with Crippen LogP contribution in [-0.2, 0) is 4.79 Å². The van der Waals surface area contributed by atoms with Crippen LogP contribution in [-0.4, -0.2) is 22.7 Å². The summed E-state index contributed by atoms with van der Waals surface area (Å²) in [4.78, 5) is 24.5. The van der Waals surface area contributed by atoms with Gasteiger partial charge in [-0.3, -0.25) is 9.59 Å². The first-order valence-corrected chi connectivity index (χ1v) is 10.3. The third-order valence-electron chi connectivity index (χ3n) is 5.09. The highest BCUT2D eigenvalue weighted by atomic mass is 19.1. The molecule has 0 spiro atoms. The first-order chi connectivity index (χ1) is 15.2. The summed E-state index contributed by atoms with van der Waals surface area (Å²) in [5.41, 5.74) is 1.82. The molecule has 0 saturated heterocycles. The molecule has 166 valence electrons. The largest absolute Gasteiger partial charge is 0.486 e. The van der Waals surface area contributed by atoms with E-state index in [1.54, 1.807) is 36.6 Å². The summed E-state index contributed by atoms with van der Waals surface area (Å²) in [5, 5.41) is 0.579. The van der Waals surface area contributed by atoms with Crippen LogP contribution in [0.15, 0.2) is 60.7 Å². The van der Waals surface area contributed by atoms with Crippen LogP contribution in [0.25, 0.3) is 16.6 Å². The van der Waals surface area contributed by atoms with E-state index in [4.69, 9.17) is 4.74 Å². The molecule has 1 heterocycles. The third-order valence-corrected chi connectivity index (χ3v) is 5.09. The first-order valence-electron chi connectivity index (χ1n) is 10.3. The van der Waals surface area contributed by atoms with Crippen LogP contribution in [0.5, 0.6) is 5.75 Å². The quantitative estimate of drug-likeness (QED) is 0.314. The summed E-state index contributed by atoms with van der Waals surface area (Å²) >= 11 is 0. The normalized spacial score (nSPS) is 12.7. The zero-order chi connectivity index (χ0) is 23.4. The maximum atomic E-state index is 14.4. The Morgan fingerprint density at radius 1 is 1.09 bits per heavy atom. The van der Waals surface area contributed by atoms with E-state index in [-0.39, 0.29) is 23.9 Å². The van der Waals surface area contributed by atoms with Gasteiger partial charge < -0.3 is 9.30 Å². The number of hydrogen-bond donors (Lipinski definition) is 0. The van der Waals surface area contributed by atoms with E-state index in [9.17, 15) is 18.4 Å². The van der Waals surface area contributed by atoms with Crippen LogP contribution in [0.4, 0.5) is 8.78 Å². The highest BCUT2D eigenvalue weighted by molar-refractivity contribution is 6.11. The van der Waals surface area contributed by atoms with Crippen molar-refractivity contribution in [1.82, 2.24) is 4.57 Å². The van der Waals surface area contributed by atoms with Crippen molar-refractivity contribution in [3.05, 3.63) is 83.6 Å². The predicted molar refractivity (Wildman–Crippen MR) is 122 cm³/mol. The molecule has 2 aromatic carbocycles. The van der Waals surface area contributed by atoms with Gasteiger partial charge in [0.05, 0.1) is 11.2 Å². The van der Waals surface area contributed by atoms with Gasteiger partial charge in [-0.15, -0.1) is 0 Å². The Balaban J connectivity index is 2.19. The Labute approximate surface area is 185 Å². The summed E-state index contributed by atoms with van der Waals surface area (Å²) in [6.07, 6.45) is 7.31. The minimum atomic E-state index is -0.575. The predicted octanol–water partition coefficient (Wildman–Crippen LogP) is 6.14. The molecule has 3 rings (SSSR count). The molecule has 32 heavy (non-hydrogen) atoms. The number of benzene rings is 2. The molecular formula is C26H25F2NO3. The van der Waals surface area contributed by atoms with E-state index in [1.165, 1.54) is 31.2 Å². The summed E-state index contributed by atoms with van der Waals surface area (Å²) in [5.74, 6) is -1.61. The number of hydrogen-bond acceptors (Lipinski definition) is 3. The van der Waals surface area contributed by atoms with Crippen LogP contribution < -0.4 is 4.74 Å². The van der Waals surface area contributed by atoms with E-state index >= 15 is 0 Å². The Morgan fingerprint density at radius 2 is 1.84 bits per heavy atom. The average molecular weight is 437 g/mol. The number of rotatable bonds is 8. The lowest BCUT2D eigenvalue weighted by Gasteiger charge is -2.12. The van der Waals surface area contributed by atoms with Crippen LogP contribution >= 0.6 is 0 Å². The van der Waals surface area contributed by atoms with E-state index < -0.39 is 17.6 Å². The van der Waals surface area contributed by atoms with Gasteiger partial charge in [0.1, 0.15) is 24.0 Å². The molecule has 0 aliphatic carbocycles. The van der Waals surface area contributed by atoms with Crippen LogP contribution in [0.3, 0.4) is 0 Å². The van der Waals surface area contributed by atoms with E-state index in [2.05, 4.69) is 0 Å². The van der Waals surface area contributed by atoms with Gasteiger partial charge in [-0.05, 0) is 45.0 Å². The van der Waals surface area contributed by atoms with Gasteiger partial charge in [0.15, 0.2) is 11.6 Å². The van der Waals surface area contributed by atoms with Gasteiger partial charge in [0, 0.05) is 34.7 Å². The Hall–Kier alpha value is -3.54. The molecular weight excluding hydrogens is 412 g/mol. The first kappa shape index (κ1) is 23.1. The number of carbonyl (C=O) groups is 2. The van der Waals surface area contributed by atoms with Crippen molar-refractivity contribution in [2.45, 2.75) is 27.7 Å².